The van der Waals surface area contributed by atoms with Gasteiger partial charge in [0.1, 0.15) is 0 Å². The molecule has 3 aliphatic rings. The van der Waals surface area contributed by atoms with E-state index >= 15 is 0 Å². The Bertz CT molecular complexity index is 332. The molecule has 0 bridgehead atoms. The van der Waals surface area contributed by atoms with Gasteiger partial charge in [0.05, 0.1) is 6.10 Å². The Morgan fingerprint density at radius 3 is 2.05 bits per heavy atom. The quantitative estimate of drug-likeness (QED) is 0.795. The van der Waals surface area contributed by atoms with Crippen molar-refractivity contribution < 1.29 is 5.11 Å². The number of rotatable bonds is 1. The molecule has 116 valence electrons. The number of hydrogen-bond acceptors (Lipinski definition) is 2. The van der Waals surface area contributed by atoms with E-state index < -0.39 is 0 Å². The van der Waals surface area contributed by atoms with Gasteiger partial charge in [-0.2, -0.15) is 0 Å². The van der Waals surface area contributed by atoms with Crippen molar-refractivity contribution in [3.8, 4) is 0 Å². The largest absolute Gasteiger partial charge is 0.393 e. The van der Waals surface area contributed by atoms with Crippen molar-refractivity contribution in [3.63, 3.8) is 0 Å². The van der Waals surface area contributed by atoms with Crippen molar-refractivity contribution in [2.24, 2.45) is 35.5 Å². The second kappa shape index (κ2) is 5.61. The van der Waals surface area contributed by atoms with Crippen LogP contribution < -0.4 is 0 Å². The van der Waals surface area contributed by atoms with Crippen LogP contribution in [-0.4, -0.2) is 35.2 Å². The molecular weight excluding hydrogens is 246 g/mol. The zero-order chi connectivity index (χ0) is 14.4. The van der Waals surface area contributed by atoms with Crippen molar-refractivity contribution >= 4 is 0 Å². The number of aliphatic hydroxyl groups is 1. The van der Waals surface area contributed by atoms with Crippen molar-refractivity contribution in [1.29, 1.82) is 0 Å². The monoisotopic (exact) mass is 279 g/mol. The number of hydrogen-bond donors (Lipinski definition) is 1. The molecule has 0 amide bonds. The smallest absolute Gasteiger partial charge is 0.0546 e. The second-order valence-electron chi connectivity index (χ2n) is 8.38. The minimum atomic E-state index is -0.0587. The molecule has 2 heteroatoms. The van der Waals surface area contributed by atoms with Crippen LogP contribution in [0, 0.1) is 35.5 Å². The molecule has 2 saturated carbocycles. The van der Waals surface area contributed by atoms with E-state index in [1.807, 2.05) is 0 Å². The maximum atomic E-state index is 9.99. The molecule has 3 fully saturated rings. The fourth-order valence-corrected chi connectivity index (χ4v) is 5.94. The predicted octanol–water partition coefficient (Wildman–Crippen LogP) is 3.40. The lowest BCUT2D eigenvalue weighted by Gasteiger charge is -2.50. The molecule has 1 heterocycles. The fraction of sp³-hybridized carbons (Fsp3) is 1.00. The average Bonchev–Trinajstić information content (AvgIpc) is 2.70. The van der Waals surface area contributed by atoms with Gasteiger partial charge in [-0.25, -0.2) is 0 Å². The van der Waals surface area contributed by atoms with Gasteiger partial charge < -0.3 is 5.11 Å². The van der Waals surface area contributed by atoms with Gasteiger partial charge >= 0.3 is 0 Å². The highest BCUT2D eigenvalue weighted by atomic mass is 16.3. The van der Waals surface area contributed by atoms with Crippen LogP contribution in [0.1, 0.15) is 53.4 Å². The van der Waals surface area contributed by atoms with Crippen LogP contribution >= 0.6 is 0 Å². The van der Waals surface area contributed by atoms with Gasteiger partial charge in [-0.1, -0.05) is 34.1 Å². The summed E-state index contributed by atoms with van der Waals surface area (Å²) in [5.74, 6) is 5.00. The Balaban J connectivity index is 1.73. The Kier molecular flexibility index (Phi) is 4.16. The maximum Gasteiger partial charge on any atom is 0.0546 e. The van der Waals surface area contributed by atoms with Gasteiger partial charge in [0.25, 0.3) is 0 Å². The van der Waals surface area contributed by atoms with Gasteiger partial charge in [-0.3, -0.25) is 4.90 Å². The molecule has 1 N–H and O–H groups in total. The SMILES string of the molecule is CC1CN(C2C(C)CC(O)CC2C)CC2C(C)CCC12. The zero-order valence-electron chi connectivity index (χ0n) is 13.8. The van der Waals surface area contributed by atoms with E-state index in [9.17, 15) is 5.11 Å². The third-order valence-electron chi connectivity index (χ3n) is 6.81. The molecule has 2 aliphatic carbocycles. The Morgan fingerprint density at radius 1 is 0.750 bits per heavy atom. The fourth-order valence-electron chi connectivity index (χ4n) is 5.94. The minimum absolute atomic E-state index is 0.0587. The molecule has 0 aromatic rings. The summed E-state index contributed by atoms with van der Waals surface area (Å²) in [6.45, 7) is 12.3. The first-order valence-corrected chi connectivity index (χ1v) is 8.89. The Hall–Kier alpha value is -0.0800. The van der Waals surface area contributed by atoms with Crippen LogP contribution in [0.25, 0.3) is 0 Å². The third kappa shape index (κ3) is 2.54. The first kappa shape index (κ1) is 14.8. The average molecular weight is 279 g/mol. The van der Waals surface area contributed by atoms with Crippen LogP contribution in [0.4, 0.5) is 0 Å². The van der Waals surface area contributed by atoms with E-state index in [1.54, 1.807) is 0 Å². The van der Waals surface area contributed by atoms with Gasteiger partial charge in [-0.05, 0) is 54.8 Å². The lowest BCUT2D eigenvalue weighted by Crippen LogP contribution is -2.55. The summed E-state index contributed by atoms with van der Waals surface area (Å²) in [7, 11) is 0. The third-order valence-corrected chi connectivity index (χ3v) is 6.81. The van der Waals surface area contributed by atoms with Crippen LogP contribution in [0.3, 0.4) is 0 Å². The van der Waals surface area contributed by atoms with Gasteiger partial charge in [0, 0.05) is 19.1 Å². The lowest BCUT2D eigenvalue weighted by molar-refractivity contribution is -0.0385. The summed E-state index contributed by atoms with van der Waals surface area (Å²) in [5.41, 5.74) is 0. The highest BCUT2D eigenvalue weighted by Gasteiger charge is 2.45. The van der Waals surface area contributed by atoms with Crippen LogP contribution in [0.5, 0.6) is 0 Å². The molecule has 0 radical (unpaired) electrons. The van der Waals surface area contributed by atoms with Gasteiger partial charge in [0.2, 0.25) is 0 Å². The summed E-state index contributed by atoms with van der Waals surface area (Å²) >= 11 is 0. The first-order chi connectivity index (χ1) is 9.47. The van der Waals surface area contributed by atoms with Crippen LogP contribution in [0.15, 0.2) is 0 Å². The molecule has 1 aliphatic heterocycles. The first-order valence-electron chi connectivity index (χ1n) is 8.89. The summed E-state index contributed by atoms with van der Waals surface area (Å²) in [6, 6.07) is 0.703. The molecule has 20 heavy (non-hydrogen) atoms. The van der Waals surface area contributed by atoms with Crippen molar-refractivity contribution in [1.82, 2.24) is 4.90 Å². The molecule has 0 spiro atoms. The number of nitrogens with zero attached hydrogens (tertiary/aromatic N) is 1. The number of fused-ring (bicyclic) bond motifs is 1. The van der Waals surface area contributed by atoms with E-state index in [0.29, 0.717) is 17.9 Å². The molecule has 6 atom stereocenters. The van der Waals surface area contributed by atoms with E-state index in [0.717, 1.165) is 36.5 Å². The molecular formula is C18H33NO. The lowest BCUT2D eigenvalue weighted by atomic mass is 9.72. The van der Waals surface area contributed by atoms with E-state index in [2.05, 4.69) is 32.6 Å². The second-order valence-corrected chi connectivity index (χ2v) is 8.38. The summed E-state index contributed by atoms with van der Waals surface area (Å²) in [5, 5.41) is 9.99. The summed E-state index contributed by atoms with van der Waals surface area (Å²) < 4.78 is 0. The zero-order valence-corrected chi connectivity index (χ0v) is 13.8. The van der Waals surface area contributed by atoms with E-state index in [1.165, 1.54) is 25.9 Å². The molecule has 1 saturated heterocycles. The highest BCUT2D eigenvalue weighted by molar-refractivity contribution is 4.97. The minimum Gasteiger partial charge on any atom is -0.393 e. The number of piperidine rings is 1. The topological polar surface area (TPSA) is 23.5 Å². The van der Waals surface area contributed by atoms with Crippen LogP contribution in [0.2, 0.25) is 0 Å². The Morgan fingerprint density at radius 2 is 1.40 bits per heavy atom. The molecule has 2 nitrogen and oxygen atoms in total. The van der Waals surface area contributed by atoms with E-state index in [-0.39, 0.29) is 6.10 Å². The number of likely N-dealkylation sites (tertiary alicyclic amines) is 1. The van der Waals surface area contributed by atoms with Crippen molar-refractivity contribution in [2.45, 2.75) is 65.5 Å². The number of aliphatic hydroxyl groups excluding tert-OH is 1. The predicted molar refractivity (Wildman–Crippen MR) is 83.5 cm³/mol. The summed E-state index contributed by atoms with van der Waals surface area (Å²) in [6.07, 6.45) is 4.86. The van der Waals surface area contributed by atoms with E-state index in [4.69, 9.17) is 0 Å². The maximum absolute atomic E-state index is 9.99. The van der Waals surface area contributed by atoms with Gasteiger partial charge in [-0.15, -0.1) is 0 Å². The normalized spacial score (nSPS) is 53.9. The summed E-state index contributed by atoms with van der Waals surface area (Å²) in [4.78, 5) is 2.81. The molecule has 0 aromatic carbocycles. The van der Waals surface area contributed by atoms with Gasteiger partial charge in [0.15, 0.2) is 0 Å². The highest BCUT2D eigenvalue weighted by Crippen LogP contribution is 2.46. The standard InChI is InChI=1S/C18H33NO/c1-11-5-6-16-14(4)9-19(10-17(11)16)18-12(2)7-15(20)8-13(18)3/h11-18,20H,5-10H2,1-4H3. The molecule has 0 aromatic heterocycles. The van der Waals surface area contributed by atoms with Crippen molar-refractivity contribution in [3.05, 3.63) is 0 Å². The molecule has 6 unspecified atom stereocenters. The Labute approximate surface area is 124 Å². The molecule has 3 rings (SSSR count). The van der Waals surface area contributed by atoms with Crippen LogP contribution in [-0.2, 0) is 0 Å². The van der Waals surface area contributed by atoms with Crippen molar-refractivity contribution in [2.75, 3.05) is 13.1 Å².